The van der Waals surface area contributed by atoms with Gasteiger partial charge in [0.25, 0.3) is 10.0 Å². The summed E-state index contributed by atoms with van der Waals surface area (Å²) in [4.78, 5) is 4.27. The van der Waals surface area contributed by atoms with Crippen LogP contribution in [0.1, 0.15) is 17.0 Å². The molecule has 0 amide bonds. The maximum Gasteiger partial charge on any atom is 0.266 e. The van der Waals surface area contributed by atoms with Gasteiger partial charge in [0.05, 0.1) is 17.1 Å². The minimum absolute atomic E-state index is 0.177. The summed E-state index contributed by atoms with van der Waals surface area (Å²) < 4.78 is 29.9. The number of anilines is 1. The Bertz CT molecular complexity index is 979. The number of hydrogen-bond acceptors (Lipinski definition) is 4. The first-order valence-electron chi connectivity index (χ1n) is 7.46. The van der Waals surface area contributed by atoms with E-state index >= 15 is 0 Å². The quantitative estimate of drug-likeness (QED) is 0.791. The SMILES string of the molecule is Cc1cccnc1NS(=O)(=O)c1c(C)nn(-c2ccccc2)c1C. The van der Waals surface area contributed by atoms with Crippen molar-refractivity contribution in [3.8, 4) is 5.69 Å². The van der Waals surface area contributed by atoms with E-state index in [0.717, 1.165) is 11.3 Å². The Morgan fingerprint density at radius 2 is 1.71 bits per heavy atom. The van der Waals surface area contributed by atoms with Crippen LogP contribution in [0.4, 0.5) is 5.82 Å². The van der Waals surface area contributed by atoms with Gasteiger partial charge in [0.15, 0.2) is 0 Å². The van der Waals surface area contributed by atoms with Crippen LogP contribution in [0, 0.1) is 20.8 Å². The molecule has 1 N–H and O–H groups in total. The fraction of sp³-hybridized carbons (Fsp3) is 0.176. The molecular weight excluding hydrogens is 324 g/mol. The molecule has 3 rings (SSSR count). The summed E-state index contributed by atoms with van der Waals surface area (Å²) in [6.45, 7) is 5.23. The van der Waals surface area contributed by atoms with Gasteiger partial charge in [-0.05, 0) is 44.5 Å². The van der Waals surface area contributed by atoms with E-state index in [1.807, 2.05) is 30.3 Å². The molecule has 0 aliphatic rings. The van der Waals surface area contributed by atoms with Crippen molar-refractivity contribution in [1.82, 2.24) is 14.8 Å². The van der Waals surface area contributed by atoms with Gasteiger partial charge < -0.3 is 0 Å². The lowest BCUT2D eigenvalue weighted by Gasteiger charge is -2.10. The number of nitrogens with zero attached hydrogens (tertiary/aromatic N) is 3. The molecule has 0 saturated heterocycles. The second kappa shape index (κ2) is 6.09. The Morgan fingerprint density at radius 1 is 1.00 bits per heavy atom. The smallest absolute Gasteiger partial charge is 0.263 e. The van der Waals surface area contributed by atoms with Crippen molar-refractivity contribution in [2.24, 2.45) is 0 Å². The molecule has 0 radical (unpaired) electrons. The van der Waals surface area contributed by atoms with E-state index in [0.29, 0.717) is 17.2 Å². The highest BCUT2D eigenvalue weighted by atomic mass is 32.2. The summed E-state index contributed by atoms with van der Waals surface area (Å²) >= 11 is 0. The summed E-state index contributed by atoms with van der Waals surface area (Å²) in [6, 6.07) is 13.0. The fourth-order valence-electron chi connectivity index (χ4n) is 2.61. The van der Waals surface area contributed by atoms with Crippen molar-refractivity contribution >= 4 is 15.8 Å². The molecule has 0 atom stereocenters. The topological polar surface area (TPSA) is 76.9 Å². The first-order chi connectivity index (χ1) is 11.4. The van der Waals surface area contributed by atoms with Crippen LogP contribution in [-0.4, -0.2) is 23.2 Å². The number of rotatable bonds is 4. The molecule has 124 valence electrons. The molecule has 0 fully saturated rings. The van der Waals surface area contributed by atoms with Gasteiger partial charge in [-0.25, -0.2) is 18.1 Å². The third kappa shape index (κ3) is 2.90. The average Bonchev–Trinajstić information content (AvgIpc) is 2.86. The summed E-state index contributed by atoms with van der Waals surface area (Å²) in [5, 5.41) is 4.39. The number of nitrogens with one attached hydrogen (secondary N) is 1. The van der Waals surface area contributed by atoms with E-state index in [2.05, 4.69) is 14.8 Å². The summed E-state index contributed by atoms with van der Waals surface area (Å²) in [6.07, 6.45) is 1.55. The van der Waals surface area contributed by atoms with Gasteiger partial charge in [-0.15, -0.1) is 0 Å². The molecule has 0 spiro atoms. The first-order valence-corrected chi connectivity index (χ1v) is 8.94. The minimum Gasteiger partial charge on any atom is -0.263 e. The summed E-state index contributed by atoms with van der Waals surface area (Å²) in [5.41, 5.74) is 2.57. The molecule has 0 aliphatic heterocycles. The molecule has 0 aliphatic carbocycles. The van der Waals surface area contributed by atoms with E-state index < -0.39 is 10.0 Å². The predicted molar refractivity (Wildman–Crippen MR) is 92.8 cm³/mol. The van der Waals surface area contributed by atoms with Gasteiger partial charge in [-0.2, -0.15) is 5.10 Å². The van der Waals surface area contributed by atoms with Crippen molar-refractivity contribution in [1.29, 1.82) is 0 Å². The average molecular weight is 342 g/mol. The maximum atomic E-state index is 12.8. The second-order valence-electron chi connectivity index (χ2n) is 5.52. The molecule has 3 aromatic rings. The lowest BCUT2D eigenvalue weighted by atomic mass is 10.3. The third-order valence-electron chi connectivity index (χ3n) is 3.73. The van der Waals surface area contributed by atoms with Gasteiger partial charge in [0, 0.05) is 6.20 Å². The van der Waals surface area contributed by atoms with Crippen molar-refractivity contribution in [2.45, 2.75) is 25.7 Å². The lowest BCUT2D eigenvalue weighted by molar-refractivity contribution is 0.599. The zero-order chi connectivity index (χ0) is 17.3. The standard InChI is InChI=1S/C17H18N4O2S/c1-12-8-7-11-18-17(12)20-24(22,23)16-13(2)19-21(14(16)3)15-9-5-4-6-10-15/h4-11H,1-3H3,(H,18,20). The number of hydrogen-bond donors (Lipinski definition) is 1. The maximum absolute atomic E-state index is 12.8. The highest BCUT2D eigenvalue weighted by molar-refractivity contribution is 7.92. The van der Waals surface area contributed by atoms with Crippen LogP contribution >= 0.6 is 0 Å². The molecule has 1 aromatic carbocycles. The van der Waals surface area contributed by atoms with E-state index in [9.17, 15) is 8.42 Å². The highest BCUT2D eigenvalue weighted by Gasteiger charge is 2.26. The first kappa shape index (κ1) is 16.2. The van der Waals surface area contributed by atoms with Gasteiger partial charge in [-0.1, -0.05) is 24.3 Å². The molecule has 2 aromatic heterocycles. The minimum atomic E-state index is -3.78. The Balaban J connectivity index is 2.06. The molecule has 7 heteroatoms. The van der Waals surface area contributed by atoms with E-state index in [1.54, 1.807) is 43.8 Å². The molecule has 2 heterocycles. The van der Waals surface area contributed by atoms with Crippen molar-refractivity contribution in [3.63, 3.8) is 0 Å². The van der Waals surface area contributed by atoms with Crippen LogP contribution in [0.2, 0.25) is 0 Å². The van der Waals surface area contributed by atoms with Gasteiger partial charge in [0.1, 0.15) is 10.7 Å². The molecule has 24 heavy (non-hydrogen) atoms. The number of aromatic nitrogens is 3. The number of pyridine rings is 1. The number of para-hydroxylation sites is 1. The number of sulfonamides is 1. The van der Waals surface area contributed by atoms with Gasteiger partial charge in [0.2, 0.25) is 0 Å². The Morgan fingerprint density at radius 3 is 2.38 bits per heavy atom. The Hall–Kier alpha value is -2.67. The van der Waals surface area contributed by atoms with Gasteiger partial charge >= 0.3 is 0 Å². The molecule has 0 unspecified atom stereocenters. The zero-order valence-corrected chi connectivity index (χ0v) is 14.5. The van der Waals surface area contributed by atoms with Crippen LogP contribution in [0.5, 0.6) is 0 Å². The van der Waals surface area contributed by atoms with E-state index in [-0.39, 0.29) is 4.90 Å². The van der Waals surface area contributed by atoms with E-state index in [1.165, 1.54) is 0 Å². The number of aryl methyl sites for hydroxylation is 2. The van der Waals surface area contributed by atoms with Crippen LogP contribution in [-0.2, 0) is 10.0 Å². The predicted octanol–water partition coefficient (Wildman–Crippen LogP) is 2.99. The highest BCUT2D eigenvalue weighted by Crippen LogP contribution is 2.25. The Labute approximate surface area is 141 Å². The van der Waals surface area contributed by atoms with Gasteiger partial charge in [-0.3, -0.25) is 4.72 Å². The fourth-order valence-corrected chi connectivity index (χ4v) is 4.08. The second-order valence-corrected chi connectivity index (χ2v) is 7.14. The van der Waals surface area contributed by atoms with Crippen LogP contribution in [0.15, 0.2) is 53.6 Å². The molecule has 6 nitrogen and oxygen atoms in total. The van der Waals surface area contributed by atoms with Crippen molar-refractivity contribution in [3.05, 3.63) is 65.6 Å². The number of benzene rings is 1. The van der Waals surface area contributed by atoms with Crippen molar-refractivity contribution < 1.29 is 8.42 Å². The monoisotopic (exact) mass is 342 g/mol. The third-order valence-corrected chi connectivity index (χ3v) is 5.33. The van der Waals surface area contributed by atoms with Crippen LogP contribution < -0.4 is 4.72 Å². The summed E-state index contributed by atoms with van der Waals surface area (Å²) in [7, 11) is -3.78. The van der Waals surface area contributed by atoms with Crippen LogP contribution in [0.3, 0.4) is 0 Å². The zero-order valence-electron chi connectivity index (χ0n) is 13.7. The summed E-state index contributed by atoms with van der Waals surface area (Å²) in [5.74, 6) is 0.323. The van der Waals surface area contributed by atoms with E-state index in [4.69, 9.17) is 0 Å². The molecular formula is C17H18N4O2S. The Kier molecular flexibility index (Phi) is 4.11. The molecule has 0 saturated carbocycles. The normalized spacial score (nSPS) is 11.5. The largest absolute Gasteiger partial charge is 0.266 e. The van der Waals surface area contributed by atoms with Crippen molar-refractivity contribution in [2.75, 3.05) is 4.72 Å². The lowest BCUT2D eigenvalue weighted by Crippen LogP contribution is -2.16. The van der Waals surface area contributed by atoms with Crippen LogP contribution in [0.25, 0.3) is 5.69 Å². The molecule has 0 bridgehead atoms.